The van der Waals surface area contributed by atoms with Gasteiger partial charge >= 0.3 is 0 Å². The van der Waals surface area contributed by atoms with Gasteiger partial charge in [0.05, 0.1) is 13.7 Å². The zero-order chi connectivity index (χ0) is 13.4. The van der Waals surface area contributed by atoms with Crippen molar-refractivity contribution in [1.82, 2.24) is 0 Å². The highest BCUT2D eigenvalue weighted by Gasteiger charge is 2.16. The molecule has 1 unspecified atom stereocenters. The average Bonchev–Trinajstić information content (AvgIpc) is 2.94. The second-order valence-electron chi connectivity index (χ2n) is 4.26. The molecule has 2 aromatic heterocycles. The molecular formula is C14H10Br2OS2. The molecule has 0 radical (unpaired) electrons. The third kappa shape index (κ3) is 2.81. The molecular weight excluding hydrogens is 408 g/mol. The Bertz CT molecular complexity index is 717. The summed E-state index contributed by atoms with van der Waals surface area (Å²) in [5, 5.41) is 13.8. The SMILES string of the molecule is OC(Cc1csc2ccccc12)c1cc(Br)sc1Br. The Morgan fingerprint density at radius 2 is 2.00 bits per heavy atom. The molecule has 0 fully saturated rings. The normalized spacial score (nSPS) is 13.0. The van der Waals surface area contributed by atoms with Crippen molar-refractivity contribution in [3.63, 3.8) is 0 Å². The fraction of sp³-hybridized carbons (Fsp3) is 0.143. The van der Waals surface area contributed by atoms with Crippen molar-refractivity contribution in [2.24, 2.45) is 0 Å². The molecule has 0 saturated carbocycles. The molecule has 2 heterocycles. The monoisotopic (exact) mass is 416 g/mol. The van der Waals surface area contributed by atoms with Crippen LogP contribution in [-0.2, 0) is 6.42 Å². The van der Waals surface area contributed by atoms with Gasteiger partial charge in [-0.05, 0) is 60.3 Å². The third-order valence-electron chi connectivity index (χ3n) is 3.02. The van der Waals surface area contributed by atoms with Crippen molar-refractivity contribution in [1.29, 1.82) is 0 Å². The summed E-state index contributed by atoms with van der Waals surface area (Å²) in [7, 11) is 0. The number of fused-ring (bicyclic) bond motifs is 1. The fourth-order valence-electron chi connectivity index (χ4n) is 2.09. The zero-order valence-electron chi connectivity index (χ0n) is 9.77. The molecule has 1 atom stereocenters. The Balaban J connectivity index is 1.91. The highest BCUT2D eigenvalue weighted by molar-refractivity contribution is 9.12. The first-order chi connectivity index (χ1) is 9.15. The van der Waals surface area contributed by atoms with Crippen molar-refractivity contribution in [3.8, 4) is 0 Å². The molecule has 1 aromatic carbocycles. The predicted octanol–water partition coefficient (Wildman–Crippen LogP) is 5.76. The highest BCUT2D eigenvalue weighted by atomic mass is 79.9. The maximum atomic E-state index is 10.4. The van der Waals surface area contributed by atoms with Gasteiger partial charge in [-0.1, -0.05) is 18.2 Å². The smallest absolute Gasteiger partial charge is 0.0850 e. The largest absolute Gasteiger partial charge is 0.388 e. The first kappa shape index (κ1) is 13.8. The first-order valence-corrected chi connectivity index (χ1v) is 9.01. The Hall–Kier alpha value is -0.200. The molecule has 3 aromatic rings. The van der Waals surface area contributed by atoms with Gasteiger partial charge in [0.2, 0.25) is 0 Å². The van der Waals surface area contributed by atoms with Gasteiger partial charge in [-0.15, -0.1) is 22.7 Å². The van der Waals surface area contributed by atoms with Gasteiger partial charge in [0.1, 0.15) is 0 Å². The van der Waals surface area contributed by atoms with Crippen molar-refractivity contribution in [2.75, 3.05) is 0 Å². The number of thiophene rings is 2. The molecule has 3 rings (SSSR count). The predicted molar refractivity (Wildman–Crippen MR) is 90.2 cm³/mol. The van der Waals surface area contributed by atoms with Gasteiger partial charge in [0, 0.05) is 16.7 Å². The van der Waals surface area contributed by atoms with Crippen LogP contribution in [0.25, 0.3) is 10.1 Å². The molecule has 98 valence electrons. The van der Waals surface area contributed by atoms with Crippen LogP contribution in [-0.4, -0.2) is 5.11 Å². The molecule has 0 amide bonds. The lowest BCUT2D eigenvalue weighted by Gasteiger charge is -2.09. The second kappa shape index (κ2) is 5.66. The molecule has 0 bridgehead atoms. The summed E-state index contributed by atoms with van der Waals surface area (Å²) < 4.78 is 3.30. The third-order valence-corrected chi connectivity index (χ3v) is 6.41. The van der Waals surface area contributed by atoms with E-state index in [-0.39, 0.29) is 0 Å². The van der Waals surface area contributed by atoms with Crippen LogP contribution >= 0.6 is 54.5 Å². The number of halogens is 2. The molecule has 0 aliphatic heterocycles. The number of aliphatic hydroxyl groups is 1. The quantitative estimate of drug-likeness (QED) is 0.573. The van der Waals surface area contributed by atoms with Crippen LogP contribution < -0.4 is 0 Å². The Morgan fingerprint density at radius 1 is 1.21 bits per heavy atom. The Labute approximate surface area is 136 Å². The average molecular weight is 418 g/mol. The molecule has 0 aliphatic rings. The van der Waals surface area contributed by atoms with Gasteiger partial charge < -0.3 is 5.11 Å². The van der Waals surface area contributed by atoms with E-state index in [4.69, 9.17) is 0 Å². The Kier molecular flexibility index (Phi) is 4.10. The van der Waals surface area contributed by atoms with Crippen LogP contribution in [0.1, 0.15) is 17.2 Å². The van der Waals surface area contributed by atoms with E-state index in [1.165, 1.54) is 15.6 Å². The number of hydrogen-bond acceptors (Lipinski definition) is 3. The second-order valence-corrected chi connectivity index (χ2v) is 8.92. The molecule has 1 nitrogen and oxygen atoms in total. The maximum absolute atomic E-state index is 10.4. The first-order valence-electron chi connectivity index (χ1n) is 5.73. The minimum absolute atomic E-state index is 0.477. The highest BCUT2D eigenvalue weighted by Crippen LogP contribution is 2.37. The van der Waals surface area contributed by atoms with Crippen molar-refractivity contribution in [2.45, 2.75) is 12.5 Å². The van der Waals surface area contributed by atoms with E-state index >= 15 is 0 Å². The van der Waals surface area contributed by atoms with Gasteiger partial charge in [-0.3, -0.25) is 0 Å². The van der Waals surface area contributed by atoms with E-state index in [0.29, 0.717) is 6.42 Å². The van der Waals surface area contributed by atoms with Crippen LogP contribution in [0.3, 0.4) is 0 Å². The zero-order valence-corrected chi connectivity index (χ0v) is 14.6. The summed E-state index contributed by atoms with van der Waals surface area (Å²) in [6, 6.07) is 10.3. The van der Waals surface area contributed by atoms with E-state index in [0.717, 1.165) is 13.1 Å². The standard InChI is InChI=1S/C14H10Br2OS2/c15-13-6-10(14(16)19-13)11(17)5-8-7-18-12-4-2-1-3-9(8)12/h1-4,6-7,11,17H,5H2. The molecule has 5 heteroatoms. The lowest BCUT2D eigenvalue weighted by Crippen LogP contribution is -2.00. The summed E-state index contributed by atoms with van der Waals surface area (Å²) in [6.07, 6.45) is 0.168. The van der Waals surface area contributed by atoms with Gasteiger partial charge in [-0.2, -0.15) is 0 Å². The van der Waals surface area contributed by atoms with E-state index in [1.54, 1.807) is 22.7 Å². The molecule has 19 heavy (non-hydrogen) atoms. The van der Waals surface area contributed by atoms with Crippen LogP contribution in [0.5, 0.6) is 0 Å². The van der Waals surface area contributed by atoms with E-state index < -0.39 is 6.10 Å². The maximum Gasteiger partial charge on any atom is 0.0850 e. The van der Waals surface area contributed by atoms with Crippen LogP contribution in [0.4, 0.5) is 0 Å². The topological polar surface area (TPSA) is 20.2 Å². The van der Waals surface area contributed by atoms with Crippen molar-refractivity contribution in [3.05, 3.63) is 54.4 Å². The van der Waals surface area contributed by atoms with E-state index in [2.05, 4.69) is 49.4 Å². The number of benzene rings is 1. The van der Waals surface area contributed by atoms with Gasteiger partial charge in [0.25, 0.3) is 0 Å². The van der Waals surface area contributed by atoms with Crippen molar-refractivity contribution < 1.29 is 5.11 Å². The molecule has 0 aliphatic carbocycles. The lowest BCUT2D eigenvalue weighted by molar-refractivity contribution is 0.179. The van der Waals surface area contributed by atoms with E-state index in [9.17, 15) is 5.11 Å². The van der Waals surface area contributed by atoms with E-state index in [1.807, 2.05) is 18.2 Å². The summed E-state index contributed by atoms with van der Waals surface area (Å²) in [6.45, 7) is 0. The minimum Gasteiger partial charge on any atom is -0.388 e. The summed E-state index contributed by atoms with van der Waals surface area (Å²) in [5.41, 5.74) is 2.16. The molecule has 0 saturated heterocycles. The lowest BCUT2D eigenvalue weighted by atomic mass is 10.0. The number of rotatable bonds is 3. The van der Waals surface area contributed by atoms with Crippen LogP contribution in [0.2, 0.25) is 0 Å². The van der Waals surface area contributed by atoms with Gasteiger partial charge in [0.15, 0.2) is 0 Å². The Morgan fingerprint density at radius 3 is 2.74 bits per heavy atom. The van der Waals surface area contributed by atoms with Crippen LogP contribution in [0, 0.1) is 0 Å². The van der Waals surface area contributed by atoms with Crippen LogP contribution in [0.15, 0.2) is 43.3 Å². The number of aliphatic hydroxyl groups excluding tert-OH is 1. The summed E-state index contributed by atoms with van der Waals surface area (Å²) in [4.78, 5) is 0. The summed E-state index contributed by atoms with van der Waals surface area (Å²) in [5.74, 6) is 0. The molecule has 0 spiro atoms. The minimum atomic E-state index is -0.477. The van der Waals surface area contributed by atoms with Crippen molar-refractivity contribution >= 4 is 64.6 Å². The fourth-order valence-corrected chi connectivity index (χ4v) is 6.02. The van der Waals surface area contributed by atoms with Gasteiger partial charge in [-0.25, -0.2) is 0 Å². The molecule has 1 N–H and O–H groups in total. The summed E-state index contributed by atoms with van der Waals surface area (Å²) >= 11 is 10.3. The number of hydrogen-bond donors (Lipinski definition) is 1.